The molecule has 124 valence electrons. The predicted molar refractivity (Wildman–Crippen MR) is 80.6 cm³/mol. The number of nitrogens with zero attached hydrogens (tertiary/aromatic N) is 2. The first-order chi connectivity index (χ1) is 9.95. The lowest BCUT2D eigenvalue weighted by atomic mass is 10.2. The highest BCUT2D eigenvalue weighted by Gasteiger charge is 2.04. The topological polar surface area (TPSA) is 67.4 Å². The molecule has 7 heteroatoms. The summed E-state index contributed by atoms with van der Waals surface area (Å²) in [4.78, 5) is 10.4. The fourth-order valence-electron chi connectivity index (χ4n) is 1.71. The van der Waals surface area contributed by atoms with Crippen molar-refractivity contribution < 1.29 is 23.1 Å². The maximum Gasteiger partial charge on any atom is 0.267 e. The summed E-state index contributed by atoms with van der Waals surface area (Å²) < 4.78 is 23.2. The largest absolute Gasteiger partial charge is 0.756 e. The van der Waals surface area contributed by atoms with Crippen molar-refractivity contribution >= 4 is 7.82 Å². The molecule has 6 nitrogen and oxygen atoms in total. The van der Waals surface area contributed by atoms with Crippen LogP contribution in [0.4, 0.5) is 0 Å². The molecule has 0 bridgehead atoms. The molecule has 0 fully saturated rings. The maximum atomic E-state index is 10.4. The van der Waals surface area contributed by atoms with E-state index < -0.39 is 7.82 Å². The molecule has 0 unspecified atom stereocenters. The molecular formula is C14H29N2O4P. The van der Waals surface area contributed by atoms with Crippen molar-refractivity contribution in [2.24, 2.45) is 7.05 Å². The Balaban J connectivity index is 0.000000400. The molecule has 0 spiro atoms. The Morgan fingerprint density at radius 1 is 1.14 bits per heavy atom. The SMILES string of the molecule is CCCCCC[n+]1ccn(C)c1.CCOP(=O)([O-])OCC. The van der Waals surface area contributed by atoms with Gasteiger partial charge in [0.05, 0.1) is 26.8 Å². The van der Waals surface area contributed by atoms with Gasteiger partial charge in [0.2, 0.25) is 6.33 Å². The molecule has 1 rings (SSSR count). The minimum Gasteiger partial charge on any atom is -0.756 e. The molecule has 21 heavy (non-hydrogen) atoms. The Morgan fingerprint density at radius 3 is 2.19 bits per heavy atom. The lowest BCUT2D eigenvalue weighted by Gasteiger charge is -2.20. The quantitative estimate of drug-likeness (QED) is 0.398. The van der Waals surface area contributed by atoms with Crippen molar-refractivity contribution in [2.75, 3.05) is 13.2 Å². The second-order valence-electron chi connectivity index (χ2n) is 4.66. The highest BCUT2D eigenvalue weighted by Crippen LogP contribution is 2.37. The van der Waals surface area contributed by atoms with Gasteiger partial charge in [-0.25, -0.2) is 9.13 Å². The van der Waals surface area contributed by atoms with E-state index in [1.165, 1.54) is 32.2 Å². The van der Waals surface area contributed by atoms with Crippen molar-refractivity contribution in [1.29, 1.82) is 0 Å². The van der Waals surface area contributed by atoms with E-state index in [2.05, 4.69) is 50.9 Å². The van der Waals surface area contributed by atoms with E-state index in [0.29, 0.717) is 0 Å². The normalized spacial score (nSPS) is 11.1. The summed E-state index contributed by atoms with van der Waals surface area (Å²) in [5, 5.41) is 0. The molecule has 0 aliphatic rings. The molecular weight excluding hydrogens is 291 g/mol. The average molecular weight is 320 g/mol. The number of hydrogen-bond acceptors (Lipinski definition) is 4. The number of phosphoric acid groups is 1. The molecule has 0 aromatic carbocycles. The van der Waals surface area contributed by atoms with Crippen LogP contribution in [0.2, 0.25) is 0 Å². The van der Waals surface area contributed by atoms with Crippen LogP contribution in [0.25, 0.3) is 0 Å². The molecule has 0 aliphatic heterocycles. The van der Waals surface area contributed by atoms with Crippen LogP contribution < -0.4 is 9.46 Å². The summed E-state index contributed by atoms with van der Waals surface area (Å²) in [6.07, 6.45) is 11.7. The Bertz CT molecular complexity index is 399. The van der Waals surface area contributed by atoms with E-state index in [0.717, 1.165) is 0 Å². The number of imidazole rings is 1. The molecule has 0 saturated heterocycles. The van der Waals surface area contributed by atoms with Gasteiger partial charge in [-0.3, -0.25) is 4.57 Å². The van der Waals surface area contributed by atoms with Gasteiger partial charge < -0.3 is 13.9 Å². The van der Waals surface area contributed by atoms with Gasteiger partial charge in [0, 0.05) is 0 Å². The van der Waals surface area contributed by atoms with Gasteiger partial charge in [-0.2, -0.15) is 0 Å². The van der Waals surface area contributed by atoms with Gasteiger partial charge in [-0.15, -0.1) is 0 Å². The Hall–Kier alpha value is -0.680. The van der Waals surface area contributed by atoms with E-state index in [1.807, 2.05) is 0 Å². The third-order valence-corrected chi connectivity index (χ3v) is 3.82. The van der Waals surface area contributed by atoms with Crippen LogP contribution in [0.15, 0.2) is 18.7 Å². The van der Waals surface area contributed by atoms with Gasteiger partial charge in [-0.1, -0.05) is 19.8 Å². The van der Waals surface area contributed by atoms with Crippen molar-refractivity contribution in [3.63, 3.8) is 0 Å². The third kappa shape index (κ3) is 11.6. The fourth-order valence-corrected chi connectivity index (χ4v) is 2.42. The smallest absolute Gasteiger partial charge is 0.267 e. The Labute approximate surface area is 128 Å². The Morgan fingerprint density at radius 2 is 1.76 bits per heavy atom. The zero-order valence-electron chi connectivity index (χ0n) is 13.7. The molecule has 0 saturated carbocycles. The second kappa shape index (κ2) is 11.9. The number of unbranched alkanes of at least 4 members (excludes halogenated alkanes) is 3. The fraction of sp³-hybridized carbons (Fsp3) is 0.786. The summed E-state index contributed by atoms with van der Waals surface area (Å²) in [6.45, 7) is 6.84. The first kappa shape index (κ1) is 20.3. The molecule has 0 N–H and O–H groups in total. The molecule has 1 aromatic rings. The molecule has 0 amide bonds. The first-order valence-corrected chi connectivity index (χ1v) is 9.02. The number of aromatic nitrogens is 2. The lowest BCUT2D eigenvalue weighted by molar-refractivity contribution is -0.696. The molecule has 1 aromatic heterocycles. The van der Waals surface area contributed by atoms with Crippen LogP contribution in [-0.2, 0) is 27.2 Å². The molecule has 0 atom stereocenters. The number of aryl methyl sites for hydroxylation is 2. The van der Waals surface area contributed by atoms with Crippen molar-refractivity contribution in [3.8, 4) is 0 Å². The summed E-state index contributed by atoms with van der Waals surface area (Å²) in [5.74, 6) is 0. The summed E-state index contributed by atoms with van der Waals surface area (Å²) in [5.41, 5.74) is 0. The van der Waals surface area contributed by atoms with Crippen LogP contribution in [0.5, 0.6) is 0 Å². The van der Waals surface area contributed by atoms with Gasteiger partial charge >= 0.3 is 0 Å². The van der Waals surface area contributed by atoms with Crippen LogP contribution in [0.1, 0.15) is 46.5 Å². The van der Waals surface area contributed by atoms with Crippen molar-refractivity contribution in [3.05, 3.63) is 18.7 Å². The molecule has 0 aliphatic carbocycles. The van der Waals surface area contributed by atoms with E-state index in [1.54, 1.807) is 13.8 Å². The lowest BCUT2D eigenvalue weighted by Crippen LogP contribution is -2.30. The average Bonchev–Trinajstić information content (AvgIpc) is 2.81. The third-order valence-electron chi connectivity index (χ3n) is 2.67. The van der Waals surface area contributed by atoms with E-state index >= 15 is 0 Å². The van der Waals surface area contributed by atoms with Crippen LogP contribution in [0.3, 0.4) is 0 Å². The summed E-state index contributed by atoms with van der Waals surface area (Å²) in [7, 11) is -1.88. The number of phosphoric ester groups is 1. The van der Waals surface area contributed by atoms with Gasteiger partial charge in [-0.05, 0) is 26.7 Å². The van der Waals surface area contributed by atoms with Crippen LogP contribution in [-0.4, -0.2) is 17.8 Å². The zero-order chi connectivity index (χ0) is 16.1. The van der Waals surface area contributed by atoms with Crippen molar-refractivity contribution in [1.82, 2.24) is 4.57 Å². The number of rotatable bonds is 9. The van der Waals surface area contributed by atoms with E-state index in [9.17, 15) is 9.46 Å². The minimum atomic E-state index is -3.94. The monoisotopic (exact) mass is 320 g/mol. The highest BCUT2D eigenvalue weighted by molar-refractivity contribution is 7.45. The standard InChI is InChI=1S/C10H19N2.C4H11O4P/c1-3-4-5-6-7-12-9-8-11(2)10-12;1-3-7-9(5,6)8-4-2/h8-10H,3-7H2,1-2H3;3-4H2,1-2H3,(H,5,6)/q+1;/p-1. The zero-order valence-corrected chi connectivity index (χ0v) is 14.6. The highest BCUT2D eigenvalue weighted by atomic mass is 31.2. The Kier molecular flexibility index (Phi) is 11.5. The van der Waals surface area contributed by atoms with Crippen LogP contribution >= 0.6 is 7.82 Å². The number of hydrogen-bond donors (Lipinski definition) is 0. The van der Waals surface area contributed by atoms with Gasteiger partial charge in [0.1, 0.15) is 12.4 Å². The predicted octanol–water partition coefficient (Wildman–Crippen LogP) is 2.42. The van der Waals surface area contributed by atoms with E-state index in [-0.39, 0.29) is 13.2 Å². The summed E-state index contributed by atoms with van der Waals surface area (Å²) >= 11 is 0. The maximum absolute atomic E-state index is 10.4. The molecule has 0 radical (unpaired) electrons. The van der Waals surface area contributed by atoms with Gasteiger partial charge in [0.15, 0.2) is 0 Å². The van der Waals surface area contributed by atoms with Crippen LogP contribution in [0, 0.1) is 0 Å². The van der Waals surface area contributed by atoms with Gasteiger partial charge in [0.25, 0.3) is 7.82 Å². The summed E-state index contributed by atoms with van der Waals surface area (Å²) in [6, 6.07) is 0. The first-order valence-electron chi connectivity index (χ1n) is 7.56. The van der Waals surface area contributed by atoms with E-state index in [4.69, 9.17) is 0 Å². The second-order valence-corrected chi connectivity index (χ2v) is 6.07. The van der Waals surface area contributed by atoms with Crippen molar-refractivity contribution in [2.45, 2.75) is 53.0 Å². The minimum absolute atomic E-state index is 0.126. The molecule has 1 heterocycles.